The van der Waals surface area contributed by atoms with Gasteiger partial charge in [-0.25, -0.2) is 0 Å². The number of carbonyl (C=O) groups is 1. The predicted molar refractivity (Wildman–Crippen MR) is 87.0 cm³/mol. The van der Waals surface area contributed by atoms with Crippen LogP contribution in [0.2, 0.25) is 0 Å². The molecule has 3 rings (SSSR count). The summed E-state index contributed by atoms with van der Waals surface area (Å²) in [7, 11) is 2.20. The molecule has 0 aromatic heterocycles. The molecule has 5 nitrogen and oxygen atoms in total. The van der Waals surface area contributed by atoms with E-state index < -0.39 is 0 Å². The Hall–Kier alpha value is -2.47. The summed E-state index contributed by atoms with van der Waals surface area (Å²) in [6.07, 6.45) is 0.317. The first kappa shape index (κ1) is 15.4. The van der Waals surface area contributed by atoms with Crippen LogP contribution >= 0.6 is 0 Å². The molecule has 0 N–H and O–H groups in total. The minimum atomic E-state index is -0.292. The molecule has 2 aromatic carbocycles. The van der Waals surface area contributed by atoms with Gasteiger partial charge >= 0.3 is 13.5 Å². The highest BCUT2D eigenvalue weighted by Gasteiger charge is 2.15. The maximum absolute atomic E-state index is 11.4. The van der Waals surface area contributed by atoms with Crippen LogP contribution in [0.4, 0.5) is 0 Å². The minimum absolute atomic E-state index is 0.292. The fraction of sp³-hybridized carbons (Fsp3) is 0.235. The van der Waals surface area contributed by atoms with Crippen LogP contribution in [-0.4, -0.2) is 20.6 Å². The van der Waals surface area contributed by atoms with E-state index in [1.54, 1.807) is 32.2 Å². The molecule has 0 bridgehead atoms. The maximum Gasteiger partial charge on any atom is 0.310 e. The van der Waals surface area contributed by atoms with Crippen molar-refractivity contribution in [3.8, 4) is 23.0 Å². The summed E-state index contributed by atoms with van der Waals surface area (Å²) in [5.74, 6) is 1.92. The van der Waals surface area contributed by atoms with E-state index in [0.717, 1.165) is 5.56 Å². The van der Waals surface area contributed by atoms with Gasteiger partial charge in [0.2, 0.25) is 0 Å². The van der Waals surface area contributed by atoms with Gasteiger partial charge in [-0.2, -0.15) is 0 Å². The Kier molecular flexibility index (Phi) is 4.53. The molecule has 1 heterocycles. The highest BCUT2D eigenvalue weighted by Crippen LogP contribution is 2.35. The zero-order chi connectivity index (χ0) is 16.2. The normalized spacial score (nSPS) is 12.3. The first-order valence-corrected chi connectivity index (χ1v) is 7.45. The van der Waals surface area contributed by atoms with E-state index in [9.17, 15) is 4.79 Å². The molecule has 0 aliphatic carbocycles. The summed E-state index contributed by atoms with van der Waals surface area (Å²) >= 11 is 0. The zero-order valence-corrected chi connectivity index (χ0v) is 13.1. The Labute approximate surface area is 135 Å². The third kappa shape index (κ3) is 3.48. The minimum Gasteiger partial charge on any atom is -0.493 e. The summed E-state index contributed by atoms with van der Waals surface area (Å²) in [6.45, 7) is 2.35. The fourth-order valence-electron chi connectivity index (χ4n) is 2.34. The Bertz CT molecular complexity index is 729. The molecule has 0 saturated carbocycles. The first-order valence-electron chi connectivity index (χ1n) is 7.45. The molecule has 2 aromatic rings. The number of carbonyl (C=O) groups excluding carboxylic acids is 1. The molecule has 118 valence electrons. The molecule has 1 aliphatic heterocycles. The van der Waals surface area contributed by atoms with E-state index in [0.29, 0.717) is 43.5 Å². The molecule has 23 heavy (non-hydrogen) atoms. The van der Waals surface area contributed by atoms with Crippen molar-refractivity contribution in [3.63, 3.8) is 0 Å². The van der Waals surface area contributed by atoms with Gasteiger partial charge < -0.3 is 18.9 Å². The van der Waals surface area contributed by atoms with Gasteiger partial charge in [0.15, 0.2) is 11.5 Å². The van der Waals surface area contributed by atoms with E-state index in [4.69, 9.17) is 18.9 Å². The van der Waals surface area contributed by atoms with Gasteiger partial charge in [-0.15, -0.1) is 0 Å². The summed E-state index contributed by atoms with van der Waals surface area (Å²) < 4.78 is 21.8. The Morgan fingerprint density at radius 2 is 2.00 bits per heavy atom. The van der Waals surface area contributed by atoms with Crippen LogP contribution in [0.1, 0.15) is 18.9 Å². The number of esters is 1. The van der Waals surface area contributed by atoms with Crippen LogP contribution in [0.3, 0.4) is 0 Å². The average Bonchev–Trinajstić information content (AvgIpc) is 3.03. The van der Waals surface area contributed by atoms with Crippen molar-refractivity contribution in [2.45, 2.75) is 20.0 Å². The number of rotatable bonds is 5. The molecule has 0 saturated heterocycles. The van der Waals surface area contributed by atoms with E-state index in [1.165, 1.54) is 5.46 Å². The Morgan fingerprint density at radius 1 is 1.17 bits per heavy atom. The molecule has 0 amide bonds. The average molecular weight is 312 g/mol. The molecule has 1 aliphatic rings. The van der Waals surface area contributed by atoms with Crippen molar-refractivity contribution in [2.24, 2.45) is 0 Å². The van der Waals surface area contributed by atoms with E-state index in [2.05, 4.69) is 0 Å². The van der Waals surface area contributed by atoms with Crippen LogP contribution in [-0.2, 0) is 16.1 Å². The quantitative estimate of drug-likeness (QED) is 0.482. The second-order valence-corrected chi connectivity index (χ2v) is 5.17. The number of hydrogen-bond acceptors (Lipinski definition) is 5. The van der Waals surface area contributed by atoms with Gasteiger partial charge in [0.25, 0.3) is 0 Å². The number of ether oxygens (including phenoxy) is 3. The van der Waals surface area contributed by atoms with E-state index in [1.807, 2.05) is 18.2 Å². The van der Waals surface area contributed by atoms with Crippen LogP contribution in [0.5, 0.6) is 23.0 Å². The van der Waals surface area contributed by atoms with Crippen LogP contribution < -0.4 is 19.7 Å². The Morgan fingerprint density at radius 3 is 2.78 bits per heavy atom. The summed E-state index contributed by atoms with van der Waals surface area (Å²) in [5, 5.41) is 0. The van der Waals surface area contributed by atoms with Crippen molar-refractivity contribution < 1.29 is 23.7 Å². The SMILES string of the molecule is CCC(=O)Oc1ccc(Oc2ccc3c(c2)COB3)c(OC)c1. The Balaban J connectivity index is 1.80. The van der Waals surface area contributed by atoms with Crippen molar-refractivity contribution in [3.05, 3.63) is 42.0 Å². The lowest BCUT2D eigenvalue weighted by molar-refractivity contribution is -0.134. The largest absolute Gasteiger partial charge is 0.493 e. The molecule has 0 spiro atoms. The summed E-state index contributed by atoms with van der Waals surface area (Å²) in [4.78, 5) is 11.4. The highest BCUT2D eigenvalue weighted by atomic mass is 16.5. The molecular weight excluding hydrogens is 295 g/mol. The van der Waals surface area contributed by atoms with Gasteiger partial charge in [-0.1, -0.05) is 13.0 Å². The predicted octanol–water partition coefficient (Wildman–Crippen LogP) is 2.31. The topological polar surface area (TPSA) is 54.0 Å². The first-order chi connectivity index (χ1) is 11.2. The fourth-order valence-corrected chi connectivity index (χ4v) is 2.34. The number of methoxy groups -OCH3 is 1. The smallest absolute Gasteiger partial charge is 0.310 e. The van der Waals surface area contributed by atoms with Crippen molar-refractivity contribution >= 4 is 18.9 Å². The van der Waals surface area contributed by atoms with Crippen molar-refractivity contribution in [1.29, 1.82) is 0 Å². The van der Waals surface area contributed by atoms with Crippen LogP contribution in [0.25, 0.3) is 0 Å². The molecule has 0 radical (unpaired) electrons. The number of benzene rings is 2. The second-order valence-electron chi connectivity index (χ2n) is 5.17. The standard InChI is InChI=1S/C17H17BO5/c1-3-17(19)23-13-5-7-15(16(9-13)20-2)22-12-4-6-14-11(8-12)10-21-18-14/h4-9,18H,3,10H2,1-2H3. The van der Waals surface area contributed by atoms with Gasteiger partial charge in [0.1, 0.15) is 11.5 Å². The molecule has 0 fully saturated rings. The van der Waals surface area contributed by atoms with Crippen LogP contribution in [0, 0.1) is 0 Å². The summed E-state index contributed by atoms with van der Waals surface area (Å²) in [6, 6.07) is 10.9. The van der Waals surface area contributed by atoms with Gasteiger partial charge in [0.05, 0.1) is 13.7 Å². The highest BCUT2D eigenvalue weighted by molar-refractivity contribution is 6.48. The van der Waals surface area contributed by atoms with E-state index >= 15 is 0 Å². The lowest BCUT2D eigenvalue weighted by Crippen LogP contribution is -2.10. The third-order valence-corrected chi connectivity index (χ3v) is 3.58. The number of fused-ring (bicyclic) bond motifs is 1. The maximum atomic E-state index is 11.4. The molecule has 6 heteroatoms. The lowest BCUT2D eigenvalue weighted by atomic mass is 9.87. The molecular formula is C17H17BO5. The van der Waals surface area contributed by atoms with Crippen molar-refractivity contribution in [2.75, 3.05) is 7.11 Å². The van der Waals surface area contributed by atoms with Gasteiger partial charge in [-0.05, 0) is 35.3 Å². The number of hydrogen-bond donors (Lipinski definition) is 0. The zero-order valence-electron chi connectivity index (χ0n) is 13.1. The third-order valence-electron chi connectivity index (χ3n) is 3.58. The van der Waals surface area contributed by atoms with Crippen LogP contribution in [0.15, 0.2) is 36.4 Å². The van der Waals surface area contributed by atoms with E-state index in [-0.39, 0.29) is 5.97 Å². The monoisotopic (exact) mass is 312 g/mol. The van der Waals surface area contributed by atoms with Crippen molar-refractivity contribution in [1.82, 2.24) is 0 Å². The van der Waals surface area contributed by atoms with Gasteiger partial charge in [0, 0.05) is 12.5 Å². The van der Waals surface area contributed by atoms with Gasteiger partial charge in [-0.3, -0.25) is 4.79 Å². The second kappa shape index (κ2) is 6.75. The summed E-state index contributed by atoms with van der Waals surface area (Å²) in [5.41, 5.74) is 2.32. The molecule has 0 atom stereocenters. The lowest BCUT2D eigenvalue weighted by Gasteiger charge is -2.12. The molecule has 0 unspecified atom stereocenters.